The highest BCUT2D eigenvalue weighted by atomic mass is 35.5. The first-order valence-corrected chi connectivity index (χ1v) is 11.3. The molecule has 0 bridgehead atoms. The molecule has 0 amide bonds. The molecule has 3 heterocycles. The number of carbonyl (C=O) groups is 1. The van der Waals surface area contributed by atoms with Gasteiger partial charge in [0.2, 0.25) is 11.9 Å². The molecule has 0 aliphatic carbocycles. The number of nitrogens with one attached hydrogen (secondary N) is 1. The van der Waals surface area contributed by atoms with Gasteiger partial charge in [-0.3, -0.25) is 14.0 Å². The molecule has 0 fully saturated rings. The van der Waals surface area contributed by atoms with Crippen molar-refractivity contribution in [1.82, 2.24) is 24.3 Å². The van der Waals surface area contributed by atoms with Gasteiger partial charge in [0.05, 0.1) is 39.4 Å². The van der Waals surface area contributed by atoms with Gasteiger partial charge in [-0.2, -0.15) is 10.4 Å². The predicted octanol–water partition coefficient (Wildman–Crippen LogP) is 5.64. The number of aryl methyl sites for hydroxylation is 1. The van der Waals surface area contributed by atoms with Gasteiger partial charge < -0.3 is 5.32 Å². The lowest BCUT2D eigenvalue weighted by atomic mass is 10.0. The number of nitriles is 1. The van der Waals surface area contributed by atoms with Gasteiger partial charge in [-0.05, 0) is 35.9 Å². The summed E-state index contributed by atoms with van der Waals surface area (Å²) >= 11 is 12.3. The fourth-order valence-electron chi connectivity index (χ4n) is 3.85. The maximum Gasteiger partial charge on any atom is 0.235 e. The molecule has 0 spiro atoms. The summed E-state index contributed by atoms with van der Waals surface area (Å²) in [6.45, 7) is 0. The zero-order valence-electron chi connectivity index (χ0n) is 18.4. The summed E-state index contributed by atoms with van der Waals surface area (Å²) in [6.07, 6.45) is 5.02. The Balaban J connectivity index is 1.50. The second-order valence-electron chi connectivity index (χ2n) is 7.77. The second kappa shape index (κ2) is 9.22. The van der Waals surface area contributed by atoms with E-state index in [-0.39, 0.29) is 12.3 Å². The van der Waals surface area contributed by atoms with Gasteiger partial charge in [-0.1, -0.05) is 35.3 Å². The maximum absolute atomic E-state index is 13.1. The molecule has 5 aromatic rings. The van der Waals surface area contributed by atoms with Crippen LogP contribution in [0, 0.1) is 11.3 Å². The van der Waals surface area contributed by atoms with Crippen LogP contribution in [0.2, 0.25) is 10.0 Å². The van der Waals surface area contributed by atoms with Gasteiger partial charge in [0.15, 0.2) is 0 Å². The molecule has 1 N–H and O–H groups in total. The van der Waals surface area contributed by atoms with E-state index in [0.29, 0.717) is 38.3 Å². The Morgan fingerprint density at radius 1 is 1.14 bits per heavy atom. The quantitative estimate of drug-likeness (QED) is 0.334. The van der Waals surface area contributed by atoms with E-state index in [0.717, 1.165) is 16.8 Å². The molecule has 0 unspecified atom stereocenters. The SMILES string of the molecule is Cn1nccc1Nc1nccc(-c2cc(C#N)c3c(ccn3C(=O)Cc3cccc(Cl)c3Cl)c2)n1. The summed E-state index contributed by atoms with van der Waals surface area (Å²) in [5, 5.41) is 18.6. The van der Waals surface area contributed by atoms with Gasteiger partial charge in [-0.15, -0.1) is 0 Å². The monoisotopic (exact) mass is 501 g/mol. The lowest BCUT2D eigenvalue weighted by molar-refractivity contribution is 0.0919. The molecular formula is C25H17Cl2N7O. The molecule has 0 aliphatic heterocycles. The molecule has 10 heteroatoms. The van der Waals surface area contributed by atoms with E-state index in [4.69, 9.17) is 23.2 Å². The fraction of sp³-hybridized carbons (Fsp3) is 0.0800. The van der Waals surface area contributed by atoms with E-state index in [1.165, 1.54) is 4.57 Å². The summed E-state index contributed by atoms with van der Waals surface area (Å²) in [5.41, 5.74) is 2.87. The molecule has 0 atom stereocenters. The fourth-order valence-corrected chi connectivity index (χ4v) is 4.23. The molecule has 0 radical (unpaired) electrons. The van der Waals surface area contributed by atoms with E-state index in [1.807, 2.05) is 19.2 Å². The van der Waals surface area contributed by atoms with E-state index >= 15 is 0 Å². The van der Waals surface area contributed by atoms with Crippen molar-refractivity contribution in [2.45, 2.75) is 6.42 Å². The highest BCUT2D eigenvalue weighted by molar-refractivity contribution is 6.42. The van der Waals surface area contributed by atoms with E-state index < -0.39 is 0 Å². The van der Waals surface area contributed by atoms with Gasteiger partial charge in [-0.25, -0.2) is 9.97 Å². The summed E-state index contributed by atoms with van der Waals surface area (Å²) in [5.74, 6) is 0.916. The Labute approximate surface area is 210 Å². The van der Waals surface area contributed by atoms with Crippen molar-refractivity contribution in [2.24, 2.45) is 7.05 Å². The standard InChI is InChI=1S/C25H17Cl2N7O/c1-33-21(6-9-30-33)32-25-29-8-5-20(31-25)17-11-16-7-10-34(24(16)18(12-17)14-28)22(35)13-15-3-2-4-19(26)23(15)27/h2-12H,13H2,1H3,(H,29,31,32). The lowest BCUT2D eigenvalue weighted by Crippen LogP contribution is -2.13. The third kappa shape index (κ3) is 4.35. The van der Waals surface area contributed by atoms with Crippen LogP contribution in [0.5, 0.6) is 0 Å². The zero-order valence-corrected chi connectivity index (χ0v) is 19.9. The number of fused-ring (bicyclic) bond motifs is 1. The minimum atomic E-state index is -0.224. The summed E-state index contributed by atoms with van der Waals surface area (Å²) in [6, 6.07) is 16.4. The Morgan fingerprint density at radius 3 is 2.77 bits per heavy atom. The highest BCUT2D eigenvalue weighted by Gasteiger charge is 2.17. The molecule has 5 rings (SSSR count). The Morgan fingerprint density at radius 2 is 2.00 bits per heavy atom. The van der Waals surface area contributed by atoms with Crippen LogP contribution < -0.4 is 5.32 Å². The maximum atomic E-state index is 13.1. The lowest BCUT2D eigenvalue weighted by Gasteiger charge is -2.10. The number of hydrogen-bond acceptors (Lipinski definition) is 6. The van der Waals surface area contributed by atoms with Crippen molar-refractivity contribution in [3.8, 4) is 17.3 Å². The first-order valence-electron chi connectivity index (χ1n) is 10.5. The number of aromatic nitrogens is 5. The zero-order chi connectivity index (χ0) is 24.5. The van der Waals surface area contributed by atoms with Crippen LogP contribution in [-0.4, -0.2) is 30.2 Å². The topological polar surface area (TPSA) is 101 Å². The summed E-state index contributed by atoms with van der Waals surface area (Å²) in [4.78, 5) is 22.0. The molecular weight excluding hydrogens is 485 g/mol. The molecule has 0 saturated carbocycles. The third-order valence-corrected chi connectivity index (χ3v) is 6.42. The van der Waals surface area contributed by atoms with Crippen LogP contribution in [0.1, 0.15) is 15.9 Å². The normalized spacial score (nSPS) is 10.9. The van der Waals surface area contributed by atoms with E-state index in [1.54, 1.807) is 59.7 Å². The number of hydrogen-bond donors (Lipinski definition) is 1. The molecule has 172 valence electrons. The van der Waals surface area contributed by atoms with Crippen molar-refractivity contribution in [3.63, 3.8) is 0 Å². The average molecular weight is 502 g/mol. The van der Waals surface area contributed by atoms with Crippen molar-refractivity contribution >= 4 is 51.8 Å². The second-order valence-corrected chi connectivity index (χ2v) is 8.56. The molecule has 8 nitrogen and oxygen atoms in total. The van der Waals surface area contributed by atoms with Gasteiger partial charge in [0.1, 0.15) is 11.9 Å². The van der Waals surface area contributed by atoms with Crippen LogP contribution in [-0.2, 0) is 13.5 Å². The highest BCUT2D eigenvalue weighted by Crippen LogP contribution is 2.30. The smallest absolute Gasteiger partial charge is 0.235 e. The number of carbonyl (C=O) groups excluding carboxylic acids is 1. The number of rotatable bonds is 5. The van der Waals surface area contributed by atoms with Crippen molar-refractivity contribution in [2.75, 3.05) is 5.32 Å². The van der Waals surface area contributed by atoms with Gasteiger partial charge >= 0.3 is 0 Å². The predicted molar refractivity (Wildman–Crippen MR) is 135 cm³/mol. The summed E-state index contributed by atoms with van der Waals surface area (Å²) in [7, 11) is 1.81. The minimum Gasteiger partial charge on any atom is -0.309 e. The van der Waals surface area contributed by atoms with Crippen LogP contribution in [0.3, 0.4) is 0 Å². The largest absolute Gasteiger partial charge is 0.309 e. The molecule has 2 aromatic carbocycles. The van der Waals surface area contributed by atoms with Crippen LogP contribution in [0.25, 0.3) is 22.2 Å². The van der Waals surface area contributed by atoms with Crippen molar-refractivity contribution in [1.29, 1.82) is 5.26 Å². The van der Waals surface area contributed by atoms with E-state index in [9.17, 15) is 10.1 Å². The van der Waals surface area contributed by atoms with Gasteiger partial charge in [0, 0.05) is 36.5 Å². The average Bonchev–Trinajstić information content (AvgIpc) is 3.47. The molecule has 0 aliphatic rings. The Bertz CT molecular complexity index is 1630. The molecule has 0 saturated heterocycles. The molecule has 3 aromatic heterocycles. The van der Waals surface area contributed by atoms with Crippen LogP contribution in [0.4, 0.5) is 11.8 Å². The Hall–Kier alpha value is -4.19. The van der Waals surface area contributed by atoms with Crippen LogP contribution in [0.15, 0.2) is 67.1 Å². The van der Waals surface area contributed by atoms with Crippen LogP contribution >= 0.6 is 23.2 Å². The molecule has 35 heavy (non-hydrogen) atoms. The van der Waals surface area contributed by atoms with Crippen molar-refractivity contribution < 1.29 is 4.79 Å². The number of halogens is 2. The Kier molecular flexibility index (Phi) is 5.95. The van der Waals surface area contributed by atoms with Gasteiger partial charge in [0.25, 0.3) is 0 Å². The minimum absolute atomic E-state index is 0.0464. The summed E-state index contributed by atoms with van der Waals surface area (Å²) < 4.78 is 3.15. The van der Waals surface area contributed by atoms with E-state index in [2.05, 4.69) is 26.5 Å². The first kappa shape index (κ1) is 22.6. The number of nitrogens with zero attached hydrogens (tertiary/aromatic N) is 6. The number of benzene rings is 2. The third-order valence-electron chi connectivity index (χ3n) is 5.56. The first-order chi connectivity index (χ1) is 16.9. The number of anilines is 2. The van der Waals surface area contributed by atoms with Crippen molar-refractivity contribution in [3.05, 3.63) is 88.3 Å².